The van der Waals surface area contributed by atoms with Crippen LogP contribution in [0.1, 0.15) is 17.2 Å². The van der Waals surface area contributed by atoms with E-state index in [1.54, 1.807) is 7.11 Å². The Bertz CT molecular complexity index is 420. The molecular formula is C14H17NO3. The van der Waals surface area contributed by atoms with E-state index in [1.807, 2.05) is 24.3 Å². The largest absolute Gasteiger partial charge is 0.468 e. The zero-order valence-corrected chi connectivity index (χ0v) is 10.6. The number of nitrogens with one attached hydrogen (secondary N) is 1. The fourth-order valence-electron chi connectivity index (χ4n) is 1.59. The van der Waals surface area contributed by atoms with Crippen LogP contribution in [0, 0.1) is 12.3 Å². The van der Waals surface area contributed by atoms with Gasteiger partial charge in [-0.1, -0.05) is 30.2 Å². The third-order valence-electron chi connectivity index (χ3n) is 2.47. The highest BCUT2D eigenvalue weighted by molar-refractivity contribution is 5.77. The molecule has 1 aromatic carbocycles. The molecule has 1 unspecified atom stereocenters. The minimum Gasteiger partial charge on any atom is -0.468 e. The number of terminal acetylenes is 1. The zero-order chi connectivity index (χ0) is 13.4. The highest BCUT2D eigenvalue weighted by atomic mass is 16.5. The van der Waals surface area contributed by atoms with Crippen molar-refractivity contribution in [2.24, 2.45) is 0 Å². The molecule has 1 atom stereocenters. The molecule has 0 fully saturated rings. The average Bonchev–Trinajstić information content (AvgIpc) is 2.41. The molecule has 4 nitrogen and oxygen atoms in total. The molecule has 0 heterocycles. The molecule has 1 aromatic rings. The fraction of sp³-hybridized carbons (Fsp3) is 0.357. The number of ether oxygens (including phenoxy) is 2. The van der Waals surface area contributed by atoms with Gasteiger partial charge in [-0.25, -0.2) is 4.79 Å². The molecule has 1 rings (SSSR count). The van der Waals surface area contributed by atoms with Crippen molar-refractivity contribution in [2.45, 2.75) is 12.6 Å². The summed E-state index contributed by atoms with van der Waals surface area (Å²) in [6, 6.07) is 7.00. The van der Waals surface area contributed by atoms with Gasteiger partial charge in [0, 0.05) is 7.11 Å². The number of benzene rings is 1. The van der Waals surface area contributed by atoms with Gasteiger partial charge in [-0.3, -0.25) is 5.32 Å². The summed E-state index contributed by atoms with van der Waals surface area (Å²) in [6.07, 6.45) is 5.18. The van der Waals surface area contributed by atoms with Crippen LogP contribution < -0.4 is 5.32 Å². The van der Waals surface area contributed by atoms with Gasteiger partial charge in [-0.15, -0.1) is 6.42 Å². The van der Waals surface area contributed by atoms with Crippen molar-refractivity contribution in [3.63, 3.8) is 0 Å². The monoisotopic (exact) mass is 247 g/mol. The average molecular weight is 247 g/mol. The number of hydrogen-bond acceptors (Lipinski definition) is 4. The Morgan fingerprint density at radius 3 is 2.56 bits per heavy atom. The maximum absolute atomic E-state index is 11.7. The van der Waals surface area contributed by atoms with E-state index in [0.717, 1.165) is 11.1 Å². The predicted molar refractivity (Wildman–Crippen MR) is 68.7 cm³/mol. The normalized spacial score (nSPS) is 11.6. The number of rotatable bonds is 6. The number of carbonyl (C=O) groups is 1. The van der Waals surface area contributed by atoms with E-state index in [2.05, 4.69) is 11.2 Å². The minimum absolute atomic E-state index is 0.305. The van der Waals surface area contributed by atoms with E-state index in [-0.39, 0.29) is 5.97 Å². The molecule has 0 aliphatic carbocycles. The summed E-state index contributed by atoms with van der Waals surface area (Å²) in [7, 11) is 2.99. The SMILES string of the molecule is C#CCNC(C(=O)OC)c1ccc(COC)cc1. The van der Waals surface area contributed by atoms with Crippen molar-refractivity contribution < 1.29 is 14.3 Å². The van der Waals surface area contributed by atoms with E-state index in [1.165, 1.54) is 7.11 Å². The number of hydrogen-bond donors (Lipinski definition) is 1. The van der Waals surface area contributed by atoms with Gasteiger partial charge >= 0.3 is 5.97 Å². The minimum atomic E-state index is -0.539. The van der Waals surface area contributed by atoms with Crippen LogP contribution in [0.15, 0.2) is 24.3 Å². The van der Waals surface area contributed by atoms with Crippen LogP contribution in [-0.2, 0) is 20.9 Å². The van der Waals surface area contributed by atoms with E-state index < -0.39 is 6.04 Å². The fourth-order valence-corrected chi connectivity index (χ4v) is 1.59. The van der Waals surface area contributed by atoms with Crippen LogP contribution >= 0.6 is 0 Å². The van der Waals surface area contributed by atoms with E-state index in [4.69, 9.17) is 15.9 Å². The molecule has 96 valence electrons. The second kappa shape index (κ2) is 7.49. The predicted octanol–water partition coefficient (Wildman–Crippen LogP) is 1.27. The molecule has 4 heteroatoms. The molecular weight excluding hydrogens is 230 g/mol. The van der Waals surface area contributed by atoms with Crippen molar-refractivity contribution >= 4 is 5.97 Å². The highest BCUT2D eigenvalue weighted by Crippen LogP contribution is 2.15. The molecule has 0 radical (unpaired) electrons. The first-order valence-corrected chi connectivity index (χ1v) is 5.55. The maximum atomic E-state index is 11.7. The standard InChI is InChI=1S/C14H17NO3/c1-4-9-15-13(14(16)18-3)12-7-5-11(6-8-12)10-17-2/h1,5-8,13,15H,9-10H2,2-3H3. The van der Waals surface area contributed by atoms with Gasteiger partial charge in [0.25, 0.3) is 0 Å². The molecule has 0 aliphatic heterocycles. The third-order valence-corrected chi connectivity index (χ3v) is 2.47. The molecule has 0 saturated heterocycles. The molecule has 1 N–H and O–H groups in total. The molecule has 0 saturated carbocycles. The Hall–Kier alpha value is -1.83. The lowest BCUT2D eigenvalue weighted by Crippen LogP contribution is -2.29. The highest BCUT2D eigenvalue weighted by Gasteiger charge is 2.20. The summed E-state index contributed by atoms with van der Waals surface area (Å²) in [5, 5.41) is 2.95. The van der Waals surface area contributed by atoms with Crippen LogP contribution in [0.2, 0.25) is 0 Å². The Kier molecular flexibility index (Phi) is 5.92. The Morgan fingerprint density at radius 1 is 1.39 bits per heavy atom. The van der Waals surface area contributed by atoms with E-state index in [0.29, 0.717) is 13.2 Å². The van der Waals surface area contributed by atoms with Crippen LogP contribution in [0.4, 0.5) is 0 Å². The summed E-state index contributed by atoms with van der Waals surface area (Å²) < 4.78 is 9.77. The van der Waals surface area contributed by atoms with Crippen molar-refractivity contribution in [3.05, 3.63) is 35.4 Å². The summed E-state index contributed by atoms with van der Waals surface area (Å²) in [6.45, 7) is 0.848. The first-order chi connectivity index (χ1) is 8.72. The molecule has 0 amide bonds. The van der Waals surface area contributed by atoms with Gasteiger partial charge in [-0.05, 0) is 11.1 Å². The Balaban J connectivity index is 2.84. The second-order valence-corrected chi connectivity index (χ2v) is 3.72. The maximum Gasteiger partial charge on any atom is 0.327 e. The molecule has 0 aliphatic rings. The van der Waals surface area contributed by atoms with Gasteiger partial charge in [0.15, 0.2) is 0 Å². The Morgan fingerprint density at radius 2 is 2.06 bits per heavy atom. The molecule has 0 aromatic heterocycles. The van der Waals surface area contributed by atoms with Gasteiger partial charge in [-0.2, -0.15) is 0 Å². The van der Waals surface area contributed by atoms with Crippen molar-refractivity contribution in [1.82, 2.24) is 5.32 Å². The van der Waals surface area contributed by atoms with E-state index in [9.17, 15) is 4.79 Å². The second-order valence-electron chi connectivity index (χ2n) is 3.72. The molecule has 0 spiro atoms. The number of methoxy groups -OCH3 is 2. The molecule has 0 bridgehead atoms. The van der Waals surface area contributed by atoms with Crippen molar-refractivity contribution in [2.75, 3.05) is 20.8 Å². The van der Waals surface area contributed by atoms with Crippen LogP contribution in [0.25, 0.3) is 0 Å². The lowest BCUT2D eigenvalue weighted by molar-refractivity contribution is -0.143. The third kappa shape index (κ3) is 3.88. The van der Waals surface area contributed by atoms with Crippen LogP contribution in [0.5, 0.6) is 0 Å². The number of esters is 1. The van der Waals surface area contributed by atoms with Gasteiger partial charge in [0.1, 0.15) is 6.04 Å². The smallest absolute Gasteiger partial charge is 0.327 e. The summed E-state index contributed by atoms with van der Waals surface area (Å²) in [5.41, 5.74) is 1.86. The van der Waals surface area contributed by atoms with Crippen molar-refractivity contribution in [3.8, 4) is 12.3 Å². The Labute approximate surface area is 107 Å². The summed E-state index contributed by atoms with van der Waals surface area (Å²) in [4.78, 5) is 11.7. The summed E-state index contributed by atoms with van der Waals surface area (Å²) >= 11 is 0. The van der Waals surface area contributed by atoms with Gasteiger partial charge in [0.2, 0.25) is 0 Å². The lowest BCUT2D eigenvalue weighted by Gasteiger charge is -2.15. The first-order valence-electron chi connectivity index (χ1n) is 5.55. The lowest BCUT2D eigenvalue weighted by atomic mass is 10.0. The van der Waals surface area contributed by atoms with Crippen LogP contribution in [-0.4, -0.2) is 26.7 Å². The van der Waals surface area contributed by atoms with Gasteiger partial charge in [0.05, 0.1) is 20.3 Å². The van der Waals surface area contributed by atoms with Crippen LogP contribution in [0.3, 0.4) is 0 Å². The number of carbonyl (C=O) groups excluding carboxylic acids is 1. The van der Waals surface area contributed by atoms with E-state index >= 15 is 0 Å². The molecule has 18 heavy (non-hydrogen) atoms. The quantitative estimate of drug-likeness (QED) is 0.607. The zero-order valence-electron chi connectivity index (χ0n) is 10.6. The van der Waals surface area contributed by atoms with Gasteiger partial charge < -0.3 is 9.47 Å². The topological polar surface area (TPSA) is 47.6 Å². The van der Waals surface area contributed by atoms with Crippen molar-refractivity contribution in [1.29, 1.82) is 0 Å². The first kappa shape index (κ1) is 14.2. The summed E-state index contributed by atoms with van der Waals surface area (Å²) in [5.74, 6) is 2.08.